The average molecular weight is 280 g/mol. The lowest BCUT2D eigenvalue weighted by Gasteiger charge is -2.07. The van der Waals surface area contributed by atoms with E-state index >= 15 is 0 Å². The Bertz CT molecular complexity index is 651. The Kier molecular flexibility index (Phi) is 5.42. The van der Waals surface area contributed by atoms with Crippen LogP contribution in [0.25, 0.3) is 0 Å². The molecule has 3 nitrogen and oxygen atoms in total. The van der Waals surface area contributed by atoms with Crippen LogP contribution in [0.3, 0.4) is 0 Å². The fourth-order valence-electron chi connectivity index (χ4n) is 1.70. The van der Waals surface area contributed by atoms with E-state index in [9.17, 15) is 4.79 Å². The van der Waals surface area contributed by atoms with Gasteiger partial charge in [0.25, 0.3) is 0 Å². The van der Waals surface area contributed by atoms with Gasteiger partial charge in [-0.25, -0.2) is 4.79 Å². The van der Waals surface area contributed by atoms with Crippen LogP contribution in [-0.4, -0.2) is 19.2 Å². The van der Waals surface area contributed by atoms with Gasteiger partial charge >= 0.3 is 5.97 Å². The van der Waals surface area contributed by atoms with Crippen molar-refractivity contribution in [3.05, 3.63) is 65.7 Å². The lowest BCUT2D eigenvalue weighted by Crippen LogP contribution is -2.14. The zero-order valence-corrected chi connectivity index (χ0v) is 11.8. The summed E-state index contributed by atoms with van der Waals surface area (Å²) in [5.41, 5.74) is 1.67. The van der Waals surface area contributed by atoms with Crippen LogP contribution >= 0.6 is 0 Å². The SMILES string of the molecule is CCOC(=O)COc1ccccc1C#Cc1ccccc1. The number of carbonyl (C=O) groups is 1. The molecule has 0 aliphatic heterocycles. The van der Waals surface area contributed by atoms with Crippen LogP contribution < -0.4 is 4.74 Å². The van der Waals surface area contributed by atoms with Crippen LogP contribution in [0.5, 0.6) is 5.75 Å². The number of rotatable bonds is 4. The van der Waals surface area contributed by atoms with Gasteiger partial charge in [0.05, 0.1) is 12.2 Å². The number of hydrogen-bond donors (Lipinski definition) is 0. The molecule has 0 aliphatic rings. The predicted molar refractivity (Wildman–Crippen MR) is 81.0 cm³/mol. The molecule has 0 aliphatic carbocycles. The summed E-state index contributed by atoms with van der Waals surface area (Å²) in [6.07, 6.45) is 0. The van der Waals surface area contributed by atoms with Crippen LogP contribution in [0.4, 0.5) is 0 Å². The number of hydrogen-bond acceptors (Lipinski definition) is 3. The van der Waals surface area contributed by atoms with E-state index in [-0.39, 0.29) is 12.6 Å². The van der Waals surface area contributed by atoms with E-state index in [1.54, 1.807) is 13.0 Å². The summed E-state index contributed by atoms with van der Waals surface area (Å²) in [6.45, 7) is 1.99. The molecule has 0 aromatic heterocycles. The summed E-state index contributed by atoms with van der Waals surface area (Å²) in [4.78, 5) is 11.3. The molecule has 106 valence electrons. The molecular weight excluding hydrogens is 264 g/mol. The molecule has 0 fully saturated rings. The molecule has 3 heteroatoms. The molecule has 2 aromatic carbocycles. The van der Waals surface area contributed by atoms with Crippen LogP contribution in [0.1, 0.15) is 18.1 Å². The van der Waals surface area contributed by atoms with Gasteiger partial charge < -0.3 is 9.47 Å². The highest BCUT2D eigenvalue weighted by atomic mass is 16.6. The monoisotopic (exact) mass is 280 g/mol. The lowest BCUT2D eigenvalue weighted by atomic mass is 10.1. The Morgan fingerprint density at radius 3 is 2.48 bits per heavy atom. The zero-order chi connectivity index (χ0) is 14.9. The Balaban J connectivity index is 2.10. The smallest absolute Gasteiger partial charge is 0.344 e. The molecule has 0 N–H and O–H groups in total. The number of esters is 1. The van der Waals surface area contributed by atoms with Gasteiger partial charge in [-0.15, -0.1) is 0 Å². The van der Waals surface area contributed by atoms with Gasteiger partial charge in [0, 0.05) is 5.56 Å². The molecule has 2 aromatic rings. The van der Waals surface area contributed by atoms with E-state index < -0.39 is 0 Å². The third kappa shape index (κ3) is 4.70. The molecule has 2 rings (SSSR count). The molecule has 21 heavy (non-hydrogen) atoms. The molecule has 0 spiro atoms. The van der Waals surface area contributed by atoms with Crippen LogP contribution in [0.2, 0.25) is 0 Å². The largest absolute Gasteiger partial charge is 0.481 e. The van der Waals surface area contributed by atoms with Gasteiger partial charge in [-0.05, 0) is 31.2 Å². The first kappa shape index (κ1) is 14.7. The maximum atomic E-state index is 11.3. The van der Waals surface area contributed by atoms with Gasteiger partial charge in [-0.2, -0.15) is 0 Å². The first-order chi connectivity index (χ1) is 10.3. The molecule has 0 heterocycles. The van der Waals surface area contributed by atoms with Gasteiger partial charge in [0.2, 0.25) is 0 Å². The molecule has 0 bridgehead atoms. The minimum atomic E-state index is -0.386. The molecule has 0 amide bonds. The standard InChI is InChI=1S/C18H16O3/c1-2-20-18(19)14-21-17-11-7-6-10-16(17)13-12-15-8-4-3-5-9-15/h3-11H,2,14H2,1H3. The number of ether oxygens (including phenoxy) is 2. The highest BCUT2D eigenvalue weighted by molar-refractivity contribution is 5.71. The van der Waals surface area contributed by atoms with Crippen molar-refractivity contribution in [2.24, 2.45) is 0 Å². The average Bonchev–Trinajstić information content (AvgIpc) is 2.53. The lowest BCUT2D eigenvalue weighted by molar-refractivity contribution is -0.145. The molecule has 0 saturated heterocycles. The number of carbonyl (C=O) groups excluding carboxylic acids is 1. The second-order valence-corrected chi connectivity index (χ2v) is 4.21. The second kappa shape index (κ2) is 7.76. The minimum absolute atomic E-state index is 0.113. The summed E-state index contributed by atoms with van der Waals surface area (Å²) in [6, 6.07) is 17.1. The van der Waals surface area contributed by atoms with E-state index in [4.69, 9.17) is 9.47 Å². The third-order valence-corrected chi connectivity index (χ3v) is 2.65. The Morgan fingerprint density at radius 1 is 1.00 bits per heavy atom. The van der Waals surface area contributed by atoms with Crippen molar-refractivity contribution < 1.29 is 14.3 Å². The normalized spacial score (nSPS) is 9.38. The van der Waals surface area contributed by atoms with Gasteiger partial charge in [-0.1, -0.05) is 42.2 Å². The predicted octanol–water partition coefficient (Wildman–Crippen LogP) is 3.03. The van der Waals surface area contributed by atoms with Crippen molar-refractivity contribution >= 4 is 5.97 Å². The van der Waals surface area contributed by atoms with E-state index in [1.165, 1.54) is 0 Å². The maximum absolute atomic E-state index is 11.3. The van der Waals surface area contributed by atoms with Gasteiger partial charge in [0.15, 0.2) is 6.61 Å². The summed E-state index contributed by atoms with van der Waals surface area (Å²) >= 11 is 0. The Hall–Kier alpha value is -2.73. The Labute approximate surface area is 124 Å². The molecule has 0 saturated carbocycles. The molecular formula is C18H16O3. The first-order valence-corrected chi connectivity index (χ1v) is 6.74. The first-order valence-electron chi connectivity index (χ1n) is 6.74. The fraction of sp³-hybridized carbons (Fsp3) is 0.167. The van der Waals surface area contributed by atoms with E-state index in [2.05, 4.69) is 11.8 Å². The van der Waals surface area contributed by atoms with Gasteiger partial charge in [-0.3, -0.25) is 0 Å². The topological polar surface area (TPSA) is 35.5 Å². The maximum Gasteiger partial charge on any atom is 0.344 e. The molecule has 0 unspecified atom stereocenters. The summed E-state index contributed by atoms with van der Waals surface area (Å²) in [7, 11) is 0. The van der Waals surface area contributed by atoms with Crippen LogP contribution in [0, 0.1) is 11.8 Å². The van der Waals surface area contributed by atoms with Crippen molar-refractivity contribution in [3.8, 4) is 17.6 Å². The molecule has 0 atom stereocenters. The van der Waals surface area contributed by atoms with Gasteiger partial charge in [0.1, 0.15) is 5.75 Å². The quantitative estimate of drug-likeness (QED) is 0.638. The van der Waals surface area contributed by atoms with Crippen molar-refractivity contribution in [2.75, 3.05) is 13.2 Å². The van der Waals surface area contributed by atoms with E-state index in [0.717, 1.165) is 11.1 Å². The Morgan fingerprint density at radius 2 is 1.71 bits per heavy atom. The fourth-order valence-corrected chi connectivity index (χ4v) is 1.70. The minimum Gasteiger partial charge on any atom is -0.481 e. The summed E-state index contributed by atoms with van der Waals surface area (Å²) in [5, 5.41) is 0. The highest BCUT2D eigenvalue weighted by Crippen LogP contribution is 2.16. The van der Waals surface area contributed by atoms with Crippen molar-refractivity contribution in [1.82, 2.24) is 0 Å². The number of benzene rings is 2. The van der Waals surface area contributed by atoms with Crippen molar-refractivity contribution in [1.29, 1.82) is 0 Å². The van der Waals surface area contributed by atoms with E-state index in [1.807, 2.05) is 48.5 Å². The van der Waals surface area contributed by atoms with Crippen molar-refractivity contribution in [2.45, 2.75) is 6.92 Å². The van der Waals surface area contributed by atoms with Crippen molar-refractivity contribution in [3.63, 3.8) is 0 Å². The van der Waals surface area contributed by atoms with Crippen LogP contribution in [0.15, 0.2) is 54.6 Å². The third-order valence-electron chi connectivity index (χ3n) is 2.65. The van der Waals surface area contributed by atoms with Crippen LogP contribution in [-0.2, 0) is 9.53 Å². The second-order valence-electron chi connectivity index (χ2n) is 4.21. The molecule has 0 radical (unpaired) electrons. The summed E-state index contributed by atoms with van der Waals surface area (Å²) < 4.78 is 10.3. The number of para-hydroxylation sites is 1. The zero-order valence-electron chi connectivity index (χ0n) is 11.8. The summed E-state index contributed by atoms with van der Waals surface area (Å²) in [5.74, 6) is 6.32. The highest BCUT2D eigenvalue weighted by Gasteiger charge is 2.05. The van der Waals surface area contributed by atoms with E-state index in [0.29, 0.717) is 12.4 Å².